The predicted molar refractivity (Wildman–Crippen MR) is 75.4 cm³/mol. The zero-order valence-electron chi connectivity index (χ0n) is 11.4. The molecular formula is C16H14O5. The van der Waals surface area contributed by atoms with Crippen molar-refractivity contribution in [2.45, 2.75) is 13.3 Å². The predicted octanol–water partition coefficient (Wildman–Crippen LogP) is 2.89. The molecule has 0 aliphatic heterocycles. The zero-order chi connectivity index (χ0) is 15.4. The number of rotatable bonds is 5. The van der Waals surface area contributed by atoms with E-state index in [1.54, 1.807) is 0 Å². The summed E-state index contributed by atoms with van der Waals surface area (Å²) >= 11 is 0. The number of aryl methyl sites for hydroxylation is 1. The van der Waals surface area contributed by atoms with Crippen LogP contribution in [0.5, 0.6) is 0 Å². The first-order valence-corrected chi connectivity index (χ1v) is 6.27. The number of furan rings is 1. The third-order valence-electron chi connectivity index (χ3n) is 2.91. The first-order valence-electron chi connectivity index (χ1n) is 6.27. The lowest BCUT2D eigenvalue weighted by molar-refractivity contribution is -0.135. The number of benzene rings is 1. The number of aliphatic hydroxyl groups excluding tert-OH is 1. The molecule has 0 atom stereocenters. The molecule has 0 saturated carbocycles. The molecule has 2 aromatic rings. The van der Waals surface area contributed by atoms with Gasteiger partial charge in [0.05, 0.1) is 6.26 Å². The standard InChI is InChI=1S/C16H14O5/c1-10-2-4-11(5-3-10)6-12-7-15(21-9-12)13(17)8-14(18)16(19)20/h2-5,7-9,18H,6H2,1H3,(H,19,20)/b14-8-. The molecule has 0 aliphatic rings. The molecule has 1 heterocycles. The molecule has 21 heavy (non-hydrogen) atoms. The minimum atomic E-state index is -1.56. The second-order valence-electron chi connectivity index (χ2n) is 4.68. The highest BCUT2D eigenvalue weighted by Gasteiger charge is 2.13. The van der Waals surface area contributed by atoms with Crippen LogP contribution >= 0.6 is 0 Å². The van der Waals surface area contributed by atoms with Gasteiger partial charge in [0.25, 0.3) is 0 Å². The highest BCUT2D eigenvalue weighted by molar-refractivity contribution is 6.06. The van der Waals surface area contributed by atoms with Gasteiger partial charge in [-0.3, -0.25) is 4.79 Å². The van der Waals surface area contributed by atoms with Gasteiger partial charge in [-0.1, -0.05) is 29.8 Å². The van der Waals surface area contributed by atoms with Gasteiger partial charge in [-0.2, -0.15) is 0 Å². The van der Waals surface area contributed by atoms with Crippen LogP contribution in [-0.2, 0) is 11.2 Å². The van der Waals surface area contributed by atoms with Crippen LogP contribution in [-0.4, -0.2) is 22.0 Å². The molecule has 2 rings (SSSR count). The average molecular weight is 286 g/mol. The Labute approximate surface area is 121 Å². The van der Waals surface area contributed by atoms with Gasteiger partial charge in [0, 0.05) is 12.5 Å². The second kappa shape index (κ2) is 6.09. The van der Waals surface area contributed by atoms with E-state index in [1.807, 2.05) is 31.2 Å². The molecule has 0 fully saturated rings. The molecule has 1 aromatic heterocycles. The summed E-state index contributed by atoms with van der Waals surface area (Å²) in [6, 6.07) is 9.50. The summed E-state index contributed by atoms with van der Waals surface area (Å²) in [6.07, 6.45) is 2.67. The number of carboxylic acid groups (broad SMARTS) is 1. The van der Waals surface area contributed by atoms with Gasteiger partial charge in [0.15, 0.2) is 5.76 Å². The fourth-order valence-corrected chi connectivity index (χ4v) is 1.80. The number of carboxylic acids is 1. The maximum absolute atomic E-state index is 11.7. The van der Waals surface area contributed by atoms with Crippen LogP contribution in [0.15, 0.2) is 52.8 Å². The van der Waals surface area contributed by atoms with E-state index in [2.05, 4.69) is 0 Å². The van der Waals surface area contributed by atoms with Crippen molar-refractivity contribution in [3.05, 3.63) is 70.9 Å². The summed E-state index contributed by atoms with van der Waals surface area (Å²) in [7, 11) is 0. The average Bonchev–Trinajstić information content (AvgIpc) is 2.90. The lowest BCUT2D eigenvalue weighted by atomic mass is 10.1. The Morgan fingerprint density at radius 2 is 1.81 bits per heavy atom. The Kier molecular flexibility index (Phi) is 4.23. The molecule has 0 bridgehead atoms. The summed E-state index contributed by atoms with van der Waals surface area (Å²) in [6.45, 7) is 2.00. The van der Waals surface area contributed by atoms with Gasteiger partial charge in [-0.25, -0.2) is 4.79 Å². The van der Waals surface area contributed by atoms with Crippen LogP contribution in [0.3, 0.4) is 0 Å². The third kappa shape index (κ3) is 3.82. The van der Waals surface area contributed by atoms with Crippen molar-refractivity contribution in [3.8, 4) is 0 Å². The van der Waals surface area contributed by atoms with E-state index in [0.29, 0.717) is 12.5 Å². The molecule has 1 aromatic carbocycles. The summed E-state index contributed by atoms with van der Waals surface area (Å²) in [5.41, 5.74) is 3.03. The Bertz CT molecular complexity index is 692. The number of allylic oxidation sites excluding steroid dienone is 1. The van der Waals surface area contributed by atoms with E-state index in [4.69, 9.17) is 14.6 Å². The van der Waals surface area contributed by atoms with Gasteiger partial charge >= 0.3 is 5.97 Å². The van der Waals surface area contributed by atoms with Crippen molar-refractivity contribution in [3.63, 3.8) is 0 Å². The molecule has 0 amide bonds. The summed E-state index contributed by atoms with van der Waals surface area (Å²) in [5, 5.41) is 17.5. The Morgan fingerprint density at radius 3 is 2.43 bits per heavy atom. The van der Waals surface area contributed by atoms with Gasteiger partial charge in [-0.05, 0) is 24.1 Å². The number of carbonyl (C=O) groups excluding carboxylic acids is 1. The molecule has 0 unspecified atom stereocenters. The van der Waals surface area contributed by atoms with Crippen molar-refractivity contribution < 1.29 is 24.2 Å². The minimum absolute atomic E-state index is 0.00934. The topological polar surface area (TPSA) is 87.7 Å². The highest BCUT2D eigenvalue weighted by atomic mass is 16.4. The number of hydrogen-bond donors (Lipinski definition) is 2. The summed E-state index contributed by atoms with van der Waals surface area (Å²) in [5.74, 6) is -3.28. The molecular weight excluding hydrogens is 272 g/mol. The highest BCUT2D eigenvalue weighted by Crippen LogP contribution is 2.15. The van der Waals surface area contributed by atoms with E-state index in [9.17, 15) is 9.59 Å². The maximum atomic E-state index is 11.7. The molecule has 2 N–H and O–H groups in total. The quantitative estimate of drug-likeness (QED) is 0.501. The smallest absolute Gasteiger partial charge is 0.371 e. The van der Waals surface area contributed by atoms with Crippen molar-refractivity contribution in [1.29, 1.82) is 0 Å². The molecule has 5 heteroatoms. The molecule has 108 valence electrons. The van der Waals surface area contributed by atoms with Crippen molar-refractivity contribution in [2.24, 2.45) is 0 Å². The van der Waals surface area contributed by atoms with E-state index >= 15 is 0 Å². The first kappa shape index (κ1) is 14.6. The van der Waals surface area contributed by atoms with E-state index in [-0.39, 0.29) is 5.76 Å². The van der Waals surface area contributed by atoms with Gasteiger partial charge < -0.3 is 14.6 Å². The Hall–Kier alpha value is -2.82. The largest absolute Gasteiger partial charge is 0.502 e. The monoisotopic (exact) mass is 286 g/mol. The van der Waals surface area contributed by atoms with Gasteiger partial charge in [-0.15, -0.1) is 0 Å². The van der Waals surface area contributed by atoms with Gasteiger partial charge in [0.1, 0.15) is 0 Å². The van der Waals surface area contributed by atoms with Crippen molar-refractivity contribution in [2.75, 3.05) is 0 Å². The van der Waals surface area contributed by atoms with Gasteiger partial charge in [0.2, 0.25) is 11.5 Å². The number of aliphatic carboxylic acids is 1. The number of carbonyl (C=O) groups is 2. The Morgan fingerprint density at radius 1 is 1.14 bits per heavy atom. The molecule has 5 nitrogen and oxygen atoms in total. The van der Waals surface area contributed by atoms with Crippen LogP contribution in [0.25, 0.3) is 0 Å². The second-order valence-corrected chi connectivity index (χ2v) is 4.68. The van der Waals surface area contributed by atoms with Crippen LogP contribution in [0, 0.1) is 6.92 Å². The van der Waals surface area contributed by atoms with Crippen LogP contribution in [0.4, 0.5) is 0 Å². The third-order valence-corrected chi connectivity index (χ3v) is 2.91. The minimum Gasteiger partial charge on any atom is -0.502 e. The fraction of sp³-hybridized carbons (Fsp3) is 0.125. The maximum Gasteiger partial charge on any atom is 0.371 e. The first-order chi connectivity index (χ1) is 9.95. The van der Waals surface area contributed by atoms with Crippen LogP contribution < -0.4 is 0 Å². The van der Waals surface area contributed by atoms with Crippen LogP contribution in [0.2, 0.25) is 0 Å². The zero-order valence-corrected chi connectivity index (χ0v) is 11.4. The van der Waals surface area contributed by atoms with Crippen molar-refractivity contribution in [1.82, 2.24) is 0 Å². The van der Waals surface area contributed by atoms with Crippen molar-refractivity contribution >= 4 is 11.8 Å². The normalized spacial score (nSPS) is 11.4. The molecule has 0 aliphatic carbocycles. The number of aliphatic hydroxyl groups is 1. The van der Waals surface area contributed by atoms with Crippen LogP contribution in [0.1, 0.15) is 27.2 Å². The lowest BCUT2D eigenvalue weighted by Gasteiger charge is -1.98. The number of ketones is 1. The van der Waals surface area contributed by atoms with E-state index < -0.39 is 17.5 Å². The SMILES string of the molecule is Cc1ccc(Cc2coc(C(=O)/C=C(\O)C(=O)O)c2)cc1. The lowest BCUT2D eigenvalue weighted by Crippen LogP contribution is -2.03. The summed E-state index contributed by atoms with van der Waals surface area (Å²) < 4.78 is 5.10. The summed E-state index contributed by atoms with van der Waals surface area (Å²) in [4.78, 5) is 22.1. The molecule has 0 radical (unpaired) electrons. The molecule has 0 saturated heterocycles. The Balaban J connectivity index is 2.11. The number of hydrogen-bond acceptors (Lipinski definition) is 4. The molecule has 0 spiro atoms. The van der Waals surface area contributed by atoms with E-state index in [1.165, 1.54) is 12.3 Å². The van der Waals surface area contributed by atoms with E-state index in [0.717, 1.165) is 16.7 Å². The fourth-order valence-electron chi connectivity index (χ4n) is 1.80.